The van der Waals surface area contributed by atoms with E-state index in [-0.39, 0.29) is 24.4 Å². The Labute approximate surface area is 245 Å². The van der Waals surface area contributed by atoms with Gasteiger partial charge in [-0.25, -0.2) is 0 Å². The van der Waals surface area contributed by atoms with Gasteiger partial charge >= 0.3 is 7.12 Å². The fourth-order valence-corrected chi connectivity index (χ4v) is 5.80. The molecule has 0 amide bonds. The lowest BCUT2D eigenvalue weighted by Gasteiger charge is -2.32. The van der Waals surface area contributed by atoms with Crippen LogP contribution in [-0.4, -0.2) is 37.6 Å². The van der Waals surface area contributed by atoms with E-state index in [1.165, 1.54) is 16.7 Å². The SMILES string of the molecule is CC1(C)OB(CC(CCCc2ccc(Cl)c(Cc3ccc(OC4CCOC4)cc3)c2)c2ccccc2)OC1(C)C. The number of ether oxygens (including phenoxy) is 2. The van der Waals surface area contributed by atoms with Crippen molar-refractivity contribution in [2.45, 2.75) is 89.3 Å². The van der Waals surface area contributed by atoms with Gasteiger partial charge in [0.25, 0.3) is 0 Å². The number of hydrogen-bond donors (Lipinski definition) is 0. The Hall–Kier alpha value is -2.31. The molecule has 3 aromatic carbocycles. The summed E-state index contributed by atoms with van der Waals surface area (Å²) in [6.45, 7) is 9.94. The molecule has 2 unspecified atom stereocenters. The maximum absolute atomic E-state index is 6.63. The van der Waals surface area contributed by atoms with E-state index in [9.17, 15) is 0 Å². The van der Waals surface area contributed by atoms with E-state index < -0.39 is 0 Å². The Balaban J connectivity index is 1.19. The highest BCUT2D eigenvalue weighted by molar-refractivity contribution is 6.45. The first-order valence-corrected chi connectivity index (χ1v) is 15.1. The molecule has 0 aliphatic carbocycles. The van der Waals surface area contributed by atoms with Crippen LogP contribution in [0.25, 0.3) is 0 Å². The summed E-state index contributed by atoms with van der Waals surface area (Å²) in [5, 5.41) is 0.815. The van der Waals surface area contributed by atoms with Gasteiger partial charge in [0, 0.05) is 11.4 Å². The van der Waals surface area contributed by atoms with Crippen LogP contribution in [0.15, 0.2) is 72.8 Å². The number of halogens is 1. The number of benzene rings is 3. The first-order chi connectivity index (χ1) is 19.2. The average molecular weight is 561 g/mol. The third-order valence-corrected chi connectivity index (χ3v) is 9.06. The summed E-state index contributed by atoms with van der Waals surface area (Å²) in [5.41, 5.74) is 4.44. The van der Waals surface area contributed by atoms with Crippen molar-refractivity contribution in [1.82, 2.24) is 0 Å². The van der Waals surface area contributed by atoms with Crippen molar-refractivity contribution in [1.29, 1.82) is 0 Å². The molecular formula is C34H42BClO4. The van der Waals surface area contributed by atoms with Crippen molar-refractivity contribution in [2.24, 2.45) is 0 Å². The van der Waals surface area contributed by atoms with E-state index >= 15 is 0 Å². The van der Waals surface area contributed by atoms with Gasteiger partial charge in [0.1, 0.15) is 11.9 Å². The molecule has 2 heterocycles. The molecule has 2 aliphatic rings. The molecule has 2 aliphatic heterocycles. The lowest BCUT2D eigenvalue weighted by molar-refractivity contribution is 0.00578. The highest BCUT2D eigenvalue weighted by atomic mass is 35.5. The first kappa shape index (κ1) is 29.2. The van der Waals surface area contributed by atoms with Crippen LogP contribution < -0.4 is 4.74 Å². The number of rotatable bonds is 11. The third kappa shape index (κ3) is 7.30. The molecule has 212 valence electrons. The summed E-state index contributed by atoms with van der Waals surface area (Å²) in [5.74, 6) is 1.27. The predicted molar refractivity (Wildman–Crippen MR) is 164 cm³/mol. The molecule has 0 aromatic heterocycles. The van der Waals surface area contributed by atoms with Crippen molar-refractivity contribution in [3.63, 3.8) is 0 Å². The molecule has 0 saturated carbocycles. The summed E-state index contributed by atoms with van der Waals surface area (Å²) < 4.78 is 24.1. The van der Waals surface area contributed by atoms with Crippen molar-refractivity contribution in [3.05, 3.63) is 100 Å². The minimum atomic E-state index is -0.309. The first-order valence-electron chi connectivity index (χ1n) is 14.7. The van der Waals surface area contributed by atoms with Gasteiger partial charge in [-0.1, -0.05) is 66.2 Å². The van der Waals surface area contributed by atoms with E-state index in [1.54, 1.807) is 0 Å². The molecule has 2 atom stereocenters. The zero-order chi connectivity index (χ0) is 28.2. The van der Waals surface area contributed by atoms with E-state index in [2.05, 4.69) is 94.4 Å². The van der Waals surface area contributed by atoms with Crippen molar-refractivity contribution in [2.75, 3.05) is 13.2 Å². The lowest BCUT2D eigenvalue weighted by Crippen LogP contribution is -2.41. The van der Waals surface area contributed by atoms with Crippen LogP contribution in [0, 0.1) is 0 Å². The van der Waals surface area contributed by atoms with Crippen LogP contribution >= 0.6 is 11.6 Å². The Morgan fingerprint density at radius 2 is 1.62 bits per heavy atom. The normalized spacial score (nSPS) is 20.5. The summed E-state index contributed by atoms with van der Waals surface area (Å²) in [4.78, 5) is 0. The molecule has 2 fully saturated rings. The maximum atomic E-state index is 6.63. The summed E-state index contributed by atoms with van der Waals surface area (Å²) in [6, 6.07) is 25.6. The summed E-state index contributed by atoms with van der Waals surface area (Å²) in [6.07, 6.45) is 5.93. The standard InChI is InChI=1S/C34H42BClO4/c1-33(2)34(3,4)40-35(39-33)23-28(27-10-6-5-7-11-27)12-8-9-25-15-18-32(36)29(21-25)22-26-13-16-30(17-14-26)38-31-19-20-37-24-31/h5-7,10-11,13-18,21,28,31H,8-9,12,19-20,22-24H2,1-4H3. The van der Waals surface area contributed by atoms with E-state index in [4.69, 9.17) is 30.4 Å². The van der Waals surface area contributed by atoms with E-state index in [1.807, 2.05) is 6.07 Å². The van der Waals surface area contributed by atoms with Gasteiger partial charge < -0.3 is 18.8 Å². The van der Waals surface area contributed by atoms with Crippen molar-refractivity contribution >= 4 is 18.7 Å². The Morgan fingerprint density at radius 3 is 2.30 bits per heavy atom. The highest BCUT2D eigenvalue weighted by Crippen LogP contribution is 2.40. The molecule has 6 heteroatoms. The van der Waals surface area contributed by atoms with Gasteiger partial charge in [-0.15, -0.1) is 0 Å². The Bertz CT molecular complexity index is 1220. The number of hydrogen-bond acceptors (Lipinski definition) is 4. The molecule has 0 N–H and O–H groups in total. The molecule has 2 saturated heterocycles. The van der Waals surface area contributed by atoms with Crippen molar-refractivity contribution in [3.8, 4) is 5.75 Å². The van der Waals surface area contributed by atoms with Crippen LogP contribution in [0.2, 0.25) is 11.3 Å². The quantitative estimate of drug-likeness (QED) is 0.221. The van der Waals surface area contributed by atoms with Gasteiger partial charge in [-0.3, -0.25) is 0 Å². The largest absolute Gasteiger partial charge is 0.488 e. The second kappa shape index (κ2) is 12.7. The molecule has 0 bridgehead atoms. The van der Waals surface area contributed by atoms with Crippen LogP contribution in [0.1, 0.15) is 75.1 Å². The lowest BCUT2D eigenvalue weighted by atomic mass is 9.73. The third-order valence-electron chi connectivity index (χ3n) is 8.69. The topological polar surface area (TPSA) is 36.9 Å². The summed E-state index contributed by atoms with van der Waals surface area (Å²) >= 11 is 6.63. The van der Waals surface area contributed by atoms with E-state index in [0.717, 1.165) is 61.4 Å². The Morgan fingerprint density at radius 1 is 0.925 bits per heavy atom. The molecule has 0 radical (unpaired) electrons. The second-order valence-electron chi connectivity index (χ2n) is 12.3. The minimum Gasteiger partial charge on any atom is -0.488 e. The summed E-state index contributed by atoms with van der Waals surface area (Å²) in [7, 11) is -0.194. The smallest absolute Gasteiger partial charge is 0.458 e. The van der Waals surface area contributed by atoms with Crippen LogP contribution in [0.4, 0.5) is 0 Å². The molecule has 4 nitrogen and oxygen atoms in total. The van der Waals surface area contributed by atoms with Crippen LogP contribution in [0.5, 0.6) is 5.75 Å². The monoisotopic (exact) mass is 560 g/mol. The number of aryl methyl sites for hydroxylation is 1. The molecular weight excluding hydrogens is 519 g/mol. The molecule has 0 spiro atoms. The highest BCUT2D eigenvalue weighted by Gasteiger charge is 2.51. The average Bonchev–Trinajstić information content (AvgIpc) is 3.51. The van der Waals surface area contributed by atoms with Gasteiger partial charge in [-0.2, -0.15) is 0 Å². The maximum Gasteiger partial charge on any atom is 0.458 e. The molecule has 5 rings (SSSR count). The fraction of sp³-hybridized carbons (Fsp3) is 0.471. The van der Waals surface area contributed by atoms with Crippen LogP contribution in [-0.2, 0) is 26.9 Å². The zero-order valence-corrected chi connectivity index (χ0v) is 25.1. The van der Waals surface area contributed by atoms with Crippen LogP contribution in [0.3, 0.4) is 0 Å². The molecule has 3 aromatic rings. The predicted octanol–water partition coefficient (Wildman–Crippen LogP) is 8.30. The van der Waals surface area contributed by atoms with Gasteiger partial charge in [-0.05, 0) is 106 Å². The second-order valence-corrected chi connectivity index (χ2v) is 12.7. The van der Waals surface area contributed by atoms with Gasteiger partial charge in [0.15, 0.2) is 0 Å². The van der Waals surface area contributed by atoms with Crippen molar-refractivity contribution < 1.29 is 18.8 Å². The fourth-order valence-electron chi connectivity index (χ4n) is 5.62. The minimum absolute atomic E-state index is 0.162. The van der Waals surface area contributed by atoms with Gasteiger partial charge in [0.2, 0.25) is 0 Å². The Kier molecular flexibility index (Phi) is 9.26. The van der Waals surface area contributed by atoms with E-state index in [0.29, 0.717) is 12.5 Å². The van der Waals surface area contributed by atoms with Gasteiger partial charge in [0.05, 0.1) is 24.4 Å². The zero-order valence-electron chi connectivity index (χ0n) is 24.3. The molecule has 40 heavy (non-hydrogen) atoms.